The van der Waals surface area contributed by atoms with E-state index < -0.39 is 81.3 Å². The van der Waals surface area contributed by atoms with E-state index >= 15 is 0 Å². The molecule has 174 valence electrons. The zero-order valence-electron chi connectivity index (χ0n) is 23.4. The minimum atomic E-state index is -6.04. The van der Waals surface area contributed by atoms with Crippen molar-refractivity contribution in [3.63, 3.8) is 0 Å². The third-order valence-electron chi connectivity index (χ3n) is 5.36. The van der Waals surface area contributed by atoms with Crippen molar-refractivity contribution in [3.8, 4) is 0 Å². The van der Waals surface area contributed by atoms with E-state index in [-0.39, 0.29) is 266 Å². The molecule has 0 aromatic carbocycles. The van der Waals surface area contributed by atoms with Gasteiger partial charge in [0.05, 0.1) is 69.4 Å². The van der Waals surface area contributed by atoms with Crippen LogP contribution < -0.4 is 312 Å². The molecule has 0 spiro atoms. The van der Waals surface area contributed by atoms with E-state index in [0.29, 0.717) is 0 Å². The summed E-state index contributed by atoms with van der Waals surface area (Å²) in [5.41, 5.74) is -23.6. The Morgan fingerprint density at radius 3 is 0.537 bits per heavy atom. The van der Waals surface area contributed by atoms with Gasteiger partial charge in [-0.3, -0.25) is 0 Å². The number of carboxylic acids is 9. The fraction of sp³-hybridized carbons (Fsp3) is 0.357. The van der Waals surface area contributed by atoms with E-state index in [0.717, 1.165) is 0 Å². The maximum atomic E-state index is 11.8. The number of carbonyl (C=O) groups excluding carboxylic acids is 9. The molecule has 1 fully saturated rings. The Kier molecular flexibility index (Phi) is 40.1. The first-order valence-electron chi connectivity index (χ1n) is 7.29. The smallest absolute Gasteiger partial charge is 0.550 e. The molecule has 0 bridgehead atoms. The summed E-state index contributed by atoms with van der Waals surface area (Å²) in [7, 11) is 0. The molecule has 1 aliphatic carbocycles. The molecular weight excluding hydrogens is 663 g/mol. The Balaban J connectivity index is -0.000000163. The maximum Gasteiger partial charge on any atom is 1.00 e. The Morgan fingerprint density at radius 2 is 0.463 bits per heavy atom. The summed E-state index contributed by atoms with van der Waals surface area (Å²) in [5, 5.41) is 106. The molecule has 1 rings (SSSR count). The van der Waals surface area contributed by atoms with Crippen molar-refractivity contribution in [1.29, 1.82) is 0 Å². The minimum Gasteiger partial charge on any atom is -0.550 e. The SMILES string of the molecule is O=C([O-])C1C(C(=O)[O-])(C(=O)[O-])C(C(=O)[O-])(C(=O)[O-])C(C(=O)[O-])(C(=O)[O-])C1(C(=O)[O-])C(=O)[O-].[Na+].[Na+].[Na+].[Na+].[Na+].[Na+].[Na+].[Na+].[Na+]. The maximum absolute atomic E-state index is 11.8. The summed E-state index contributed by atoms with van der Waals surface area (Å²) in [5.74, 6) is -40.1. The van der Waals surface area contributed by atoms with Gasteiger partial charge in [0.2, 0.25) is 0 Å². The number of rotatable bonds is 9. The van der Waals surface area contributed by atoms with Crippen molar-refractivity contribution >= 4 is 53.7 Å². The molecule has 0 aromatic rings. The second kappa shape index (κ2) is 24.4. The molecule has 0 radical (unpaired) electrons. The predicted octanol–water partition coefficient (Wildman–Crippen LogP) is -42.7. The van der Waals surface area contributed by atoms with Crippen LogP contribution in [0, 0.1) is 27.6 Å². The van der Waals surface area contributed by atoms with Gasteiger partial charge in [0, 0.05) is 11.9 Å². The molecule has 41 heavy (non-hydrogen) atoms. The van der Waals surface area contributed by atoms with Crippen LogP contribution in [0.15, 0.2) is 0 Å². The van der Waals surface area contributed by atoms with Crippen LogP contribution in [0.2, 0.25) is 0 Å². The fourth-order valence-electron chi connectivity index (χ4n) is 4.38. The van der Waals surface area contributed by atoms with Gasteiger partial charge >= 0.3 is 266 Å². The Labute approximate surface area is 427 Å². The van der Waals surface area contributed by atoms with Crippen LogP contribution in [0.5, 0.6) is 0 Å². The van der Waals surface area contributed by atoms with Crippen LogP contribution in [0.25, 0.3) is 0 Å². The molecule has 1 aliphatic rings. The number of hydrogen-bond acceptors (Lipinski definition) is 18. The largest absolute Gasteiger partial charge is 1.00 e. The summed E-state index contributed by atoms with van der Waals surface area (Å²) in [6.07, 6.45) is 0. The molecule has 0 aliphatic heterocycles. The monoisotopic (exact) mass is 664 g/mol. The Bertz CT molecular complexity index is 916. The first-order valence-corrected chi connectivity index (χ1v) is 7.29. The molecule has 0 atom stereocenters. The van der Waals surface area contributed by atoms with Gasteiger partial charge in [0.15, 0.2) is 0 Å². The van der Waals surface area contributed by atoms with Gasteiger partial charge in [-0.25, -0.2) is 0 Å². The third-order valence-corrected chi connectivity index (χ3v) is 5.36. The molecule has 1 saturated carbocycles. The average molecular weight is 664 g/mol. The summed E-state index contributed by atoms with van der Waals surface area (Å²) in [6, 6.07) is 0. The second-order valence-electron chi connectivity index (χ2n) is 6.17. The summed E-state index contributed by atoms with van der Waals surface area (Å²) in [4.78, 5) is 106. The van der Waals surface area contributed by atoms with Crippen molar-refractivity contribution < 1.29 is 355 Å². The van der Waals surface area contributed by atoms with Crippen LogP contribution in [0.1, 0.15) is 0 Å². The van der Waals surface area contributed by atoms with Crippen LogP contribution in [-0.4, -0.2) is 53.7 Å². The molecule has 0 N–H and O–H groups in total. The minimum absolute atomic E-state index is 0. The van der Waals surface area contributed by atoms with E-state index in [1.807, 2.05) is 0 Å². The van der Waals surface area contributed by atoms with Crippen molar-refractivity contribution in [2.45, 2.75) is 0 Å². The Morgan fingerprint density at radius 1 is 0.317 bits per heavy atom. The molecule has 0 aromatic heterocycles. The second-order valence-corrected chi connectivity index (χ2v) is 6.17. The van der Waals surface area contributed by atoms with Crippen molar-refractivity contribution in [2.24, 2.45) is 27.6 Å². The van der Waals surface area contributed by atoms with E-state index in [9.17, 15) is 89.1 Å². The quantitative estimate of drug-likeness (QED) is 0.163. The van der Waals surface area contributed by atoms with Crippen LogP contribution in [0.3, 0.4) is 0 Å². The number of aliphatic carboxylic acids is 9. The van der Waals surface area contributed by atoms with Crippen LogP contribution in [0.4, 0.5) is 0 Å². The van der Waals surface area contributed by atoms with Gasteiger partial charge in [-0.05, 0) is 0 Å². The Hall–Kier alpha value is 4.23. The van der Waals surface area contributed by atoms with E-state index in [1.54, 1.807) is 0 Å². The molecule has 0 saturated heterocycles. The van der Waals surface area contributed by atoms with Crippen LogP contribution in [-0.2, 0) is 43.2 Å². The summed E-state index contributed by atoms with van der Waals surface area (Å²) < 4.78 is 0. The van der Waals surface area contributed by atoms with Crippen molar-refractivity contribution in [2.75, 3.05) is 0 Å². The molecule has 18 nitrogen and oxygen atoms in total. The van der Waals surface area contributed by atoms with Gasteiger partial charge in [-0.2, -0.15) is 0 Å². The van der Waals surface area contributed by atoms with Gasteiger partial charge in [0.25, 0.3) is 0 Å². The molecule has 27 heteroatoms. The molecule has 0 amide bonds. The van der Waals surface area contributed by atoms with Gasteiger partial charge in [0.1, 0.15) is 0 Å². The zero-order valence-corrected chi connectivity index (χ0v) is 41.4. The van der Waals surface area contributed by atoms with Gasteiger partial charge in [-0.15, -0.1) is 0 Å². The number of carbonyl (C=O) groups is 9. The normalized spacial score (nSPS) is 15.5. The average Bonchev–Trinajstić information content (AvgIpc) is 2.85. The van der Waals surface area contributed by atoms with E-state index in [1.165, 1.54) is 0 Å². The van der Waals surface area contributed by atoms with E-state index in [2.05, 4.69) is 0 Å². The summed E-state index contributed by atoms with van der Waals surface area (Å²) in [6.45, 7) is 0. The topological polar surface area (TPSA) is 361 Å². The van der Waals surface area contributed by atoms with E-state index in [4.69, 9.17) is 0 Å². The number of hydrogen-bond donors (Lipinski definition) is 0. The standard InChI is InChI=1S/C14H10O18.9Na/c15-2(16)1-11(3(17)18,4(19)20)13(7(25)26,8(27)28)14(9(29)30,10(31)32)12(1,5(21)22)6(23)24;;;;;;;;;/h1H,(H,15,16)(H,17,18)(H,19,20)(H,21,22)(H,23,24)(H,25,26)(H,27,28)(H,29,30)(H,31,32);;;;;;;;;/q;9*+1/p-9. The molecular formula is C14HNa9O18. The molecule has 0 heterocycles. The van der Waals surface area contributed by atoms with Crippen LogP contribution >= 0.6 is 0 Å². The molecule has 0 unspecified atom stereocenters. The van der Waals surface area contributed by atoms with Crippen molar-refractivity contribution in [3.05, 3.63) is 0 Å². The van der Waals surface area contributed by atoms with Crippen molar-refractivity contribution in [1.82, 2.24) is 0 Å². The van der Waals surface area contributed by atoms with Gasteiger partial charge < -0.3 is 89.1 Å². The predicted molar refractivity (Wildman–Crippen MR) is 58.3 cm³/mol. The fourth-order valence-corrected chi connectivity index (χ4v) is 4.38. The third kappa shape index (κ3) is 8.70. The summed E-state index contributed by atoms with van der Waals surface area (Å²) >= 11 is 0. The first-order chi connectivity index (χ1) is 14.4. The van der Waals surface area contributed by atoms with Gasteiger partial charge in [-0.1, -0.05) is 0 Å². The number of carboxylic acid groups (broad SMARTS) is 9. The zero-order chi connectivity index (χ0) is 25.8. The first kappa shape index (κ1) is 67.4.